The second-order valence-corrected chi connectivity index (χ2v) is 3.69. The molecular formula is C9H13NO3. The van der Waals surface area contributed by atoms with Crippen LogP contribution in [0.5, 0.6) is 0 Å². The largest absolute Gasteiger partial charge is 0.438 e. The molecule has 1 fully saturated rings. The number of nitrogens with zero attached hydrogens (tertiary/aromatic N) is 1. The molecule has 1 amide bonds. The molecule has 1 saturated heterocycles. The van der Waals surface area contributed by atoms with Crippen LogP contribution in [0.3, 0.4) is 0 Å². The van der Waals surface area contributed by atoms with Crippen LogP contribution in [0.1, 0.15) is 20.8 Å². The van der Waals surface area contributed by atoms with Crippen molar-refractivity contribution in [3.63, 3.8) is 0 Å². The average Bonchev–Trinajstić information content (AvgIpc) is 2.10. The van der Waals surface area contributed by atoms with Gasteiger partial charge in [0.25, 0.3) is 0 Å². The first-order valence-corrected chi connectivity index (χ1v) is 3.99. The number of aliphatic hydroxyl groups is 1. The summed E-state index contributed by atoms with van der Waals surface area (Å²) in [5, 5.41) is 9.97. The zero-order chi connectivity index (χ0) is 10.3. The van der Waals surface area contributed by atoms with E-state index in [1.165, 1.54) is 6.92 Å². The molecule has 0 aromatic carbocycles. The molecular weight excluding hydrogens is 170 g/mol. The first-order valence-electron chi connectivity index (χ1n) is 3.99. The van der Waals surface area contributed by atoms with Gasteiger partial charge in [0.2, 0.25) is 0 Å². The molecule has 0 saturated carbocycles. The first kappa shape index (κ1) is 9.87. The molecule has 1 rings (SSSR count). The van der Waals surface area contributed by atoms with Crippen LogP contribution in [-0.4, -0.2) is 34.0 Å². The summed E-state index contributed by atoms with van der Waals surface area (Å²) in [6.07, 6.45) is 4.49. The van der Waals surface area contributed by atoms with Crippen molar-refractivity contribution in [3.8, 4) is 12.3 Å². The molecule has 1 N–H and O–H groups in total. The van der Waals surface area contributed by atoms with Crippen LogP contribution in [0.2, 0.25) is 0 Å². The summed E-state index contributed by atoms with van der Waals surface area (Å²) in [5.41, 5.74) is -2.28. The van der Waals surface area contributed by atoms with Gasteiger partial charge in [-0.1, -0.05) is 5.92 Å². The van der Waals surface area contributed by atoms with Gasteiger partial charge in [0.15, 0.2) is 11.3 Å². The van der Waals surface area contributed by atoms with Gasteiger partial charge in [-0.05, 0) is 20.8 Å². The molecule has 0 aromatic heterocycles. The minimum Gasteiger partial charge on any atom is -0.438 e. The van der Waals surface area contributed by atoms with E-state index in [4.69, 9.17) is 11.2 Å². The van der Waals surface area contributed by atoms with Crippen molar-refractivity contribution in [2.24, 2.45) is 0 Å². The Morgan fingerprint density at radius 2 is 2.15 bits per heavy atom. The Balaban J connectivity index is 3.00. The second-order valence-electron chi connectivity index (χ2n) is 3.69. The maximum Gasteiger partial charge on any atom is 0.413 e. The highest BCUT2D eigenvalue weighted by atomic mass is 16.6. The van der Waals surface area contributed by atoms with Gasteiger partial charge in [-0.15, -0.1) is 6.42 Å². The third-order valence-electron chi connectivity index (χ3n) is 2.48. The Labute approximate surface area is 77.5 Å². The molecule has 4 nitrogen and oxygen atoms in total. The fourth-order valence-electron chi connectivity index (χ4n) is 1.18. The lowest BCUT2D eigenvalue weighted by molar-refractivity contribution is -0.124. The standard InChI is InChI=1S/C9H13NO3/c1-5-6-10-7(11)13-8(2,3)9(10,4)12/h1,12H,6H2,2-4H3. The van der Waals surface area contributed by atoms with Gasteiger partial charge in [0, 0.05) is 0 Å². The molecule has 1 aliphatic heterocycles. The highest BCUT2D eigenvalue weighted by molar-refractivity contribution is 5.72. The summed E-state index contributed by atoms with van der Waals surface area (Å²) < 4.78 is 4.97. The molecule has 1 heterocycles. The van der Waals surface area contributed by atoms with Crippen molar-refractivity contribution < 1.29 is 14.6 Å². The van der Waals surface area contributed by atoms with Gasteiger partial charge in [0.1, 0.15) is 0 Å². The monoisotopic (exact) mass is 183 g/mol. The highest BCUT2D eigenvalue weighted by Crippen LogP contribution is 2.36. The summed E-state index contributed by atoms with van der Waals surface area (Å²) in [5.74, 6) is 2.30. The van der Waals surface area contributed by atoms with E-state index in [-0.39, 0.29) is 6.54 Å². The molecule has 13 heavy (non-hydrogen) atoms. The van der Waals surface area contributed by atoms with Crippen molar-refractivity contribution in [2.75, 3.05) is 6.54 Å². The average molecular weight is 183 g/mol. The van der Waals surface area contributed by atoms with E-state index in [0.717, 1.165) is 4.90 Å². The zero-order valence-corrected chi connectivity index (χ0v) is 8.00. The summed E-state index contributed by atoms with van der Waals surface area (Å²) in [6.45, 7) is 4.84. The van der Waals surface area contributed by atoms with E-state index < -0.39 is 17.4 Å². The van der Waals surface area contributed by atoms with Crippen LogP contribution in [0.4, 0.5) is 4.79 Å². The summed E-state index contributed by atoms with van der Waals surface area (Å²) in [7, 11) is 0. The van der Waals surface area contributed by atoms with E-state index in [1.807, 2.05) is 0 Å². The molecule has 0 aliphatic carbocycles. The third-order valence-corrected chi connectivity index (χ3v) is 2.48. The number of rotatable bonds is 1. The number of carbonyl (C=O) groups is 1. The summed E-state index contributed by atoms with van der Waals surface area (Å²) >= 11 is 0. The Bertz CT molecular complexity index is 275. The smallest absolute Gasteiger partial charge is 0.413 e. The molecule has 0 bridgehead atoms. The minimum atomic E-state index is -1.35. The van der Waals surface area contributed by atoms with Crippen LogP contribution < -0.4 is 0 Å². The summed E-state index contributed by atoms with van der Waals surface area (Å²) in [6, 6.07) is 0. The molecule has 1 aliphatic rings. The van der Waals surface area contributed by atoms with Crippen LogP contribution in [0.15, 0.2) is 0 Å². The Morgan fingerprint density at radius 3 is 2.46 bits per heavy atom. The first-order chi connectivity index (χ1) is 5.83. The second kappa shape index (κ2) is 2.64. The number of amides is 1. The van der Waals surface area contributed by atoms with Crippen LogP contribution in [0.25, 0.3) is 0 Å². The van der Waals surface area contributed by atoms with Gasteiger partial charge >= 0.3 is 6.09 Å². The van der Waals surface area contributed by atoms with E-state index >= 15 is 0 Å². The van der Waals surface area contributed by atoms with Crippen LogP contribution >= 0.6 is 0 Å². The minimum absolute atomic E-state index is 0.0509. The Morgan fingerprint density at radius 1 is 1.62 bits per heavy atom. The van der Waals surface area contributed by atoms with Crippen molar-refractivity contribution in [1.29, 1.82) is 0 Å². The van der Waals surface area contributed by atoms with Gasteiger partial charge in [-0.2, -0.15) is 0 Å². The van der Waals surface area contributed by atoms with E-state index in [2.05, 4.69) is 5.92 Å². The van der Waals surface area contributed by atoms with E-state index in [1.54, 1.807) is 13.8 Å². The predicted molar refractivity (Wildman–Crippen MR) is 46.7 cm³/mol. The number of hydrogen-bond donors (Lipinski definition) is 1. The van der Waals surface area contributed by atoms with Crippen molar-refractivity contribution >= 4 is 6.09 Å². The maximum absolute atomic E-state index is 11.2. The lowest BCUT2D eigenvalue weighted by atomic mass is 9.96. The topological polar surface area (TPSA) is 49.8 Å². The van der Waals surface area contributed by atoms with Crippen LogP contribution in [-0.2, 0) is 4.74 Å². The SMILES string of the molecule is C#CCN1C(=O)OC(C)(C)C1(C)O. The molecule has 1 atom stereocenters. The van der Waals surface area contributed by atoms with Crippen LogP contribution in [0, 0.1) is 12.3 Å². The van der Waals surface area contributed by atoms with Crippen molar-refractivity contribution in [3.05, 3.63) is 0 Å². The zero-order valence-electron chi connectivity index (χ0n) is 8.00. The molecule has 72 valence electrons. The number of ether oxygens (including phenoxy) is 1. The van der Waals surface area contributed by atoms with Gasteiger partial charge in [0.05, 0.1) is 6.54 Å². The van der Waals surface area contributed by atoms with E-state index in [0.29, 0.717) is 0 Å². The molecule has 1 unspecified atom stereocenters. The van der Waals surface area contributed by atoms with E-state index in [9.17, 15) is 9.90 Å². The Hall–Kier alpha value is -1.21. The quantitative estimate of drug-likeness (QED) is 0.604. The van der Waals surface area contributed by atoms with Crippen molar-refractivity contribution in [2.45, 2.75) is 32.1 Å². The summed E-state index contributed by atoms with van der Waals surface area (Å²) in [4.78, 5) is 12.4. The van der Waals surface area contributed by atoms with Gasteiger partial charge in [-0.25, -0.2) is 4.79 Å². The highest BCUT2D eigenvalue weighted by Gasteiger charge is 2.56. The maximum atomic E-state index is 11.2. The molecule has 0 aromatic rings. The number of terminal acetylenes is 1. The fourth-order valence-corrected chi connectivity index (χ4v) is 1.18. The van der Waals surface area contributed by atoms with Gasteiger partial charge in [-0.3, -0.25) is 4.90 Å². The van der Waals surface area contributed by atoms with Gasteiger partial charge < -0.3 is 9.84 Å². The molecule has 4 heteroatoms. The lowest BCUT2D eigenvalue weighted by Crippen LogP contribution is -2.53. The number of carbonyl (C=O) groups excluding carboxylic acids is 1. The molecule has 0 radical (unpaired) electrons. The number of hydrogen-bond acceptors (Lipinski definition) is 3. The molecule has 0 spiro atoms. The number of cyclic esters (lactones) is 1. The lowest BCUT2D eigenvalue weighted by Gasteiger charge is -2.33. The Kier molecular flexibility index (Phi) is 2.01. The third kappa shape index (κ3) is 1.25. The predicted octanol–water partition coefficient (Wildman–Crippen LogP) is 0.559. The normalized spacial score (nSPS) is 31.3. The fraction of sp³-hybridized carbons (Fsp3) is 0.667. The van der Waals surface area contributed by atoms with Crippen molar-refractivity contribution in [1.82, 2.24) is 4.90 Å².